The molecule has 0 spiro atoms. The van der Waals surface area contributed by atoms with Gasteiger partial charge in [-0.25, -0.2) is 0 Å². The van der Waals surface area contributed by atoms with Crippen molar-refractivity contribution < 1.29 is 19.2 Å². The SMILES string of the molecule is Cc1cc(NC(=O)C(=O)NCC(O)c2ccc3c(c2)CCN3C)no1. The molecule has 1 aliphatic heterocycles. The number of amides is 2. The van der Waals surface area contributed by atoms with Crippen molar-refractivity contribution in [3.63, 3.8) is 0 Å². The Hall–Kier alpha value is -2.87. The van der Waals surface area contributed by atoms with Crippen LogP contribution in [0.3, 0.4) is 0 Å². The van der Waals surface area contributed by atoms with Crippen LogP contribution in [0.4, 0.5) is 11.5 Å². The van der Waals surface area contributed by atoms with E-state index in [2.05, 4.69) is 20.7 Å². The Morgan fingerprint density at radius 2 is 2.16 bits per heavy atom. The maximum atomic E-state index is 11.8. The third-order valence-electron chi connectivity index (χ3n) is 4.15. The number of benzene rings is 1. The summed E-state index contributed by atoms with van der Waals surface area (Å²) in [6, 6.07) is 7.23. The normalized spacial score (nSPS) is 14.1. The Labute approximate surface area is 144 Å². The van der Waals surface area contributed by atoms with Gasteiger partial charge in [0.05, 0.1) is 6.10 Å². The Morgan fingerprint density at radius 3 is 2.88 bits per heavy atom. The molecule has 8 nitrogen and oxygen atoms in total. The maximum absolute atomic E-state index is 11.8. The largest absolute Gasteiger partial charge is 0.387 e. The first-order valence-corrected chi connectivity index (χ1v) is 7.98. The first-order chi connectivity index (χ1) is 11.9. The highest BCUT2D eigenvalue weighted by Crippen LogP contribution is 2.29. The van der Waals surface area contributed by atoms with Crippen molar-refractivity contribution in [3.05, 3.63) is 41.2 Å². The van der Waals surface area contributed by atoms with Crippen LogP contribution >= 0.6 is 0 Å². The van der Waals surface area contributed by atoms with Gasteiger partial charge in [0.1, 0.15) is 5.76 Å². The van der Waals surface area contributed by atoms with Crippen molar-refractivity contribution in [2.45, 2.75) is 19.4 Å². The number of rotatable bonds is 4. The van der Waals surface area contributed by atoms with E-state index in [1.165, 1.54) is 11.6 Å². The van der Waals surface area contributed by atoms with Crippen LogP contribution in [0, 0.1) is 6.92 Å². The van der Waals surface area contributed by atoms with E-state index in [0.717, 1.165) is 18.7 Å². The third kappa shape index (κ3) is 3.80. The van der Waals surface area contributed by atoms with Crippen LogP contribution in [0.1, 0.15) is 23.0 Å². The minimum atomic E-state index is -0.887. The summed E-state index contributed by atoms with van der Waals surface area (Å²) in [5.74, 6) is -1.02. The van der Waals surface area contributed by atoms with Gasteiger partial charge in [-0.2, -0.15) is 0 Å². The second-order valence-electron chi connectivity index (χ2n) is 6.06. The van der Waals surface area contributed by atoms with E-state index in [0.29, 0.717) is 11.3 Å². The van der Waals surface area contributed by atoms with E-state index >= 15 is 0 Å². The zero-order chi connectivity index (χ0) is 18.0. The molecule has 8 heteroatoms. The lowest BCUT2D eigenvalue weighted by atomic mass is 10.0. The summed E-state index contributed by atoms with van der Waals surface area (Å²) < 4.78 is 4.81. The quantitative estimate of drug-likeness (QED) is 0.707. The first kappa shape index (κ1) is 17.0. The molecule has 1 unspecified atom stereocenters. The van der Waals surface area contributed by atoms with Crippen molar-refractivity contribution in [1.29, 1.82) is 0 Å². The molecule has 3 rings (SSSR count). The molecule has 0 saturated heterocycles. The van der Waals surface area contributed by atoms with E-state index in [1.54, 1.807) is 6.92 Å². The van der Waals surface area contributed by atoms with Gasteiger partial charge in [0.15, 0.2) is 5.82 Å². The predicted octanol–water partition coefficient (Wildman–Crippen LogP) is 0.764. The van der Waals surface area contributed by atoms with E-state index in [9.17, 15) is 14.7 Å². The predicted molar refractivity (Wildman–Crippen MR) is 91.3 cm³/mol. The smallest absolute Gasteiger partial charge is 0.314 e. The van der Waals surface area contributed by atoms with Gasteiger partial charge in [-0.15, -0.1) is 0 Å². The number of hydrogen-bond donors (Lipinski definition) is 3. The number of nitrogens with zero attached hydrogens (tertiary/aromatic N) is 2. The van der Waals surface area contributed by atoms with Crippen LogP contribution in [0.25, 0.3) is 0 Å². The van der Waals surface area contributed by atoms with Gasteiger partial charge in [0, 0.05) is 31.9 Å². The van der Waals surface area contributed by atoms with Crippen molar-refractivity contribution in [2.75, 3.05) is 30.4 Å². The van der Waals surface area contributed by atoms with Crippen molar-refractivity contribution in [3.8, 4) is 0 Å². The lowest BCUT2D eigenvalue weighted by Crippen LogP contribution is -2.37. The van der Waals surface area contributed by atoms with Crippen LogP contribution in [-0.2, 0) is 16.0 Å². The van der Waals surface area contributed by atoms with E-state index in [1.807, 2.05) is 25.2 Å². The Balaban J connectivity index is 1.54. The number of aromatic nitrogens is 1. The second kappa shape index (κ2) is 6.94. The average Bonchev–Trinajstić information content (AvgIpc) is 3.17. The number of aliphatic hydroxyl groups is 1. The molecule has 3 N–H and O–H groups in total. The first-order valence-electron chi connectivity index (χ1n) is 7.98. The summed E-state index contributed by atoms with van der Waals surface area (Å²) >= 11 is 0. The van der Waals surface area contributed by atoms with Crippen molar-refractivity contribution >= 4 is 23.3 Å². The number of aliphatic hydroxyl groups excluding tert-OH is 1. The van der Waals surface area contributed by atoms with Gasteiger partial charge < -0.3 is 19.8 Å². The zero-order valence-corrected chi connectivity index (χ0v) is 14.1. The fourth-order valence-electron chi connectivity index (χ4n) is 2.78. The standard InChI is InChI=1S/C17H20N4O4/c1-10-7-15(20-25-10)19-17(24)16(23)18-9-14(22)12-3-4-13-11(8-12)5-6-21(13)2/h3-4,7-8,14,22H,5-6,9H2,1-2H3,(H,18,23)(H,19,20,24). The molecule has 1 aromatic heterocycles. The summed E-state index contributed by atoms with van der Waals surface area (Å²) in [5.41, 5.74) is 3.04. The van der Waals surface area contributed by atoms with E-state index in [-0.39, 0.29) is 12.4 Å². The maximum Gasteiger partial charge on any atom is 0.314 e. The molecular formula is C17H20N4O4. The fourth-order valence-corrected chi connectivity index (χ4v) is 2.78. The molecule has 1 aromatic carbocycles. The van der Waals surface area contributed by atoms with Gasteiger partial charge in [-0.1, -0.05) is 17.3 Å². The molecule has 0 fully saturated rings. The van der Waals surface area contributed by atoms with Gasteiger partial charge >= 0.3 is 11.8 Å². The molecule has 2 aromatic rings. The van der Waals surface area contributed by atoms with Crippen LogP contribution in [-0.4, -0.2) is 42.2 Å². The molecule has 25 heavy (non-hydrogen) atoms. The molecule has 0 saturated carbocycles. The highest BCUT2D eigenvalue weighted by Gasteiger charge is 2.20. The van der Waals surface area contributed by atoms with E-state index in [4.69, 9.17) is 4.52 Å². The van der Waals surface area contributed by atoms with Gasteiger partial charge in [0.2, 0.25) is 0 Å². The lowest BCUT2D eigenvalue weighted by Gasteiger charge is -2.15. The van der Waals surface area contributed by atoms with Crippen molar-refractivity contribution in [2.24, 2.45) is 0 Å². The number of fused-ring (bicyclic) bond motifs is 1. The summed E-state index contributed by atoms with van der Waals surface area (Å²) in [6.07, 6.45) is 0.0420. The molecule has 132 valence electrons. The monoisotopic (exact) mass is 344 g/mol. The minimum Gasteiger partial charge on any atom is -0.387 e. The van der Waals surface area contributed by atoms with Gasteiger partial charge in [-0.05, 0) is 30.5 Å². The number of carbonyl (C=O) groups excluding carboxylic acids is 2. The highest BCUT2D eigenvalue weighted by molar-refractivity contribution is 6.39. The van der Waals surface area contributed by atoms with Crippen LogP contribution < -0.4 is 15.5 Å². The summed E-state index contributed by atoms with van der Waals surface area (Å²) in [7, 11) is 2.02. The Morgan fingerprint density at radius 1 is 1.36 bits per heavy atom. The lowest BCUT2D eigenvalue weighted by molar-refractivity contribution is -0.136. The van der Waals surface area contributed by atoms with Gasteiger partial charge in [0.25, 0.3) is 0 Å². The van der Waals surface area contributed by atoms with E-state index < -0.39 is 17.9 Å². The fraction of sp³-hybridized carbons (Fsp3) is 0.353. The second-order valence-corrected chi connectivity index (χ2v) is 6.06. The molecule has 0 bridgehead atoms. The van der Waals surface area contributed by atoms with Gasteiger partial charge in [-0.3, -0.25) is 14.9 Å². The number of hydrogen-bond acceptors (Lipinski definition) is 6. The minimum absolute atomic E-state index is 0.0568. The van der Waals surface area contributed by atoms with Crippen LogP contribution in [0.15, 0.2) is 28.8 Å². The molecule has 0 aliphatic carbocycles. The Bertz CT molecular complexity index is 802. The zero-order valence-electron chi connectivity index (χ0n) is 14.1. The summed E-state index contributed by atoms with van der Waals surface area (Å²) in [4.78, 5) is 25.7. The number of carbonyl (C=O) groups is 2. The topological polar surface area (TPSA) is 108 Å². The molecule has 2 amide bonds. The third-order valence-corrected chi connectivity index (χ3v) is 4.15. The summed E-state index contributed by atoms with van der Waals surface area (Å²) in [6.45, 7) is 2.57. The average molecular weight is 344 g/mol. The molecule has 2 heterocycles. The molecule has 1 atom stereocenters. The number of likely N-dealkylation sites (N-methyl/N-ethyl adjacent to an activating group) is 1. The highest BCUT2D eigenvalue weighted by atomic mass is 16.5. The van der Waals surface area contributed by atoms with Crippen molar-refractivity contribution in [1.82, 2.24) is 10.5 Å². The molecular weight excluding hydrogens is 324 g/mol. The van der Waals surface area contributed by atoms with Crippen LogP contribution in [0.5, 0.6) is 0 Å². The molecule has 0 radical (unpaired) electrons. The molecule has 1 aliphatic rings. The summed E-state index contributed by atoms with van der Waals surface area (Å²) in [5, 5.41) is 18.6. The van der Waals surface area contributed by atoms with Crippen LogP contribution in [0.2, 0.25) is 0 Å². The Kier molecular flexibility index (Phi) is 4.71. The number of nitrogens with one attached hydrogen (secondary N) is 2. The number of anilines is 2. The number of aryl methyl sites for hydroxylation is 1.